The van der Waals surface area contributed by atoms with Crippen molar-refractivity contribution < 1.29 is 28.6 Å². The average molecular weight is 553 g/mol. The number of nitrogens with two attached hydrogens (primary N) is 1. The van der Waals surface area contributed by atoms with E-state index in [0.29, 0.717) is 29.0 Å². The number of carbonyl (C=O) groups is 1. The summed E-state index contributed by atoms with van der Waals surface area (Å²) in [6.07, 6.45) is 11.6. The van der Waals surface area contributed by atoms with Gasteiger partial charge in [-0.15, -0.1) is 0 Å². The number of nitrogen functional groups attached to an aromatic ring is 1. The molecule has 0 spiro atoms. The van der Waals surface area contributed by atoms with Crippen LogP contribution in [0.4, 0.5) is 11.5 Å². The van der Waals surface area contributed by atoms with Crippen molar-refractivity contribution in [3.63, 3.8) is 0 Å². The van der Waals surface area contributed by atoms with Gasteiger partial charge in [0.15, 0.2) is 11.5 Å². The second-order valence-corrected chi connectivity index (χ2v) is 12.6. The number of aliphatic imine (C=N–C) groups is 1. The molecule has 0 saturated heterocycles. The van der Waals surface area contributed by atoms with Crippen LogP contribution >= 0.6 is 7.60 Å². The number of aromatic nitrogens is 2. The molecule has 206 valence electrons. The molecule has 3 aliphatic rings. The molecule has 2 atom stereocenters. The number of aromatic carboxylic acids is 1. The van der Waals surface area contributed by atoms with Crippen molar-refractivity contribution in [3.05, 3.63) is 65.5 Å². The minimum atomic E-state index is -3.85. The molecule has 2 heterocycles. The molecular weight excluding hydrogens is 519 g/mol. The van der Waals surface area contributed by atoms with Gasteiger partial charge in [-0.2, -0.15) is 4.98 Å². The van der Waals surface area contributed by atoms with E-state index in [0.717, 1.165) is 43.4 Å². The summed E-state index contributed by atoms with van der Waals surface area (Å²) in [6.45, 7) is 3.92. The largest absolute Gasteiger partial charge is 0.478 e. The molecule has 1 aromatic heterocycles. The van der Waals surface area contributed by atoms with E-state index >= 15 is 0 Å². The van der Waals surface area contributed by atoms with E-state index in [1.807, 2.05) is 13.8 Å². The number of nitrogens with zero attached hydrogens (tertiary/aromatic N) is 3. The van der Waals surface area contributed by atoms with E-state index in [1.165, 1.54) is 18.5 Å². The Hall–Kier alpha value is -3.33. The maximum atomic E-state index is 12.8. The van der Waals surface area contributed by atoms with Gasteiger partial charge in [0.25, 0.3) is 0 Å². The van der Waals surface area contributed by atoms with Crippen molar-refractivity contribution in [3.8, 4) is 5.88 Å². The van der Waals surface area contributed by atoms with Crippen LogP contribution in [-0.2, 0) is 15.3 Å². The lowest BCUT2D eigenvalue weighted by Crippen LogP contribution is -2.41. The van der Waals surface area contributed by atoms with Crippen molar-refractivity contribution in [1.29, 1.82) is 0 Å². The molecule has 1 saturated carbocycles. The Morgan fingerprint density at radius 3 is 2.54 bits per heavy atom. The zero-order chi connectivity index (χ0) is 27.8. The maximum Gasteiger partial charge on any atom is 0.335 e. The number of anilines is 1. The maximum absolute atomic E-state index is 12.8. The van der Waals surface area contributed by atoms with E-state index in [2.05, 4.69) is 28.2 Å². The first-order chi connectivity index (χ1) is 18.5. The topological polar surface area (TPSA) is 157 Å². The van der Waals surface area contributed by atoms with Crippen molar-refractivity contribution >= 4 is 30.8 Å². The Labute approximate surface area is 227 Å². The van der Waals surface area contributed by atoms with Gasteiger partial charge in [-0.3, -0.25) is 4.57 Å². The summed E-state index contributed by atoms with van der Waals surface area (Å²) in [4.78, 5) is 34.4. The lowest BCUT2D eigenvalue weighted by Gasteiger charge is -2.35. The van der Waals surface area contributed by atoms with Crippen LogP contribution in [0, 0.1) is 11.8 Å². The lowest BCUT2D eigenvalue weighted by atomic mass is 9.75. The highest BCUT2D eigenvalue weighted by atomic mass is 31.2. The number of benzene rings is 1. The number of carboxylic acids is 1. The quantitative estimate of drug-likeness (QED) is 0.379. The molecule has 0 bridgehead atoms. The van der Waals surface area contributed by atoms with E-state index < -0.39 is 19.2 Å². The fraction of sp³-hybridized carbons (Fsp3) is 0.429. The number of hydrogen-bond acceptors (Lipinski definition) is 8. The van der Waals surface area contributed by atoms with Gasteiger partial charge in [0.2, 0.25) is 5.88 Å². The summed E-state index contributed by atoms with van der Waals surface area (Å²) in [5.74, 6) is 0.471. The van der Waals surface area contributed by atoms with Crippen LogP contribution in [0.25, 0.3) is 0 Å². The van der Waals surface area contributed by atoms with Gasteiger partial charge in [-0.25, -0.2) is 14.8 Å². The molecule has 11 heteroatoms. The third-order valence-electron chi connectivity index (χ3n) is 7.59. The third-order valence-corrected chi connectivity index (χ3v) is 8.98. The highest BCUT2D eigenvalue weighted by Gasteiger charge is 2.37. The van der Waals surface area contributed by atoms with Crippen molar-refractivity contribution in [2.45, 2.75) is 63.8 Å². The third kappa shape index (κ3) is 6.13. The van der Waals surface area contributed by atoms with Crippen molar-refractivity contribution in [2.24, 2.45) is 16.8 Å². The summed E-state index contributed by atoms with van der Waals surface area (Å²) in [5, 5.41) is 9.02. The minimum Gasteiger partial charge on any atom is -0.478 e. The molecule has 1 aromatic carbocycles. The second kappa shape index (κ2) is 10.7. The molecule has 2 aliphatic carbocycles. The zero-order valence-electron chi connectivity index (χ0n) is 22.0. The number of allylic oxidation sites excluding steroid dienone is 3. The summed E-state index contributed by atoms with van der Waals surface area (Å²) >= 11 is 0. The smallest absolute Gasteiger partial charge is 0.335 e. The Morgan fingerprint density at radius 2 is 1.90 bits per heavy atom. The molecule has 39 heavy (non-hydrogen) atoms. The van der Waals surface area contributed by atoms with Crippen molar-refractivity contribution in [1.82, 2.24) is 9.97 Å². The van der Waals surface area contributed by atoms with Crippen LogP contribution in [0.1, 0.15) is 61.9 Å². The highest BCUT2D eigenvalue weighted by molar-refractivity contribution is 7.52. The molecule has 10 nitrogen and oxygen atoms in total. The summed E-state index contributed by atoms with van der Waals surface area (Å²) in [7, 11) is -3.85. The van der Waals surface area contributed by atoms with Crippen LogP contribution in [0.2, 0.25) is 0 Å². The molecule has 2 aromatic rings. The van der Waals surface area contributed by atoms with Crippen LogP contribution in [0.5, 0.6) is 5.88 Å². The van der Waals surface area contributed by atoms with Gasteiger partial charge in [-0.1, -0.05) is 30.4 Å². The van der Waals surface area contributed by atoms with E-state index in [1.54, 1.807) is 12.1 Å². The molecule has 2 unspecified atom stereocenters. The van der Waals surface area contributed by atoms with Gasteiger partial charge in [0.1, 0.15) is 11.9 Å². The van der Waals surface area contributed by atoms with E-state index in [4.69, 9.17) is 25.1 Å². The van der Waals surface area contributed by atoms with Crippen molar-refractivity contribution in [2.75, 3.05) is 5.73 Å². The van der Waals surface area contributed by atoms with Gasteiger partial charge >= 0.3 is 13.6 Å². The number of fused-ring (bicyclic) bond motifs is 1. The van der Waals surface area contributed by atoms with Gasteiger partial charge in [-0.05, 0) is 81.1 Å². The first-order valence-electron chi connectivity index (χ1n) is 13.1. The van der Waals surface area contributed by atoms with Gasteiger partial charge in [0, 0.05) is 0 Å². The lowest BCUT2D eigenvalue weighted by molar-refractivity contribution is 0.0696. The minimum absolute atomic E-state index is 0.137. The standard InChI is InChI=1S/C28H33N4O6P/c1-28(2)24(32-23-25(29)30-16-31-26(23)37-28)20-9-7-18(8-10-20)19-11-13-22(14-12-19)38-39(35,36)15-17-3-5-21(6-4-17)27(33)34/h3-7,9-10,16,18-19,22H,8,11-15H2,1-2H3,(H,33,34)(H,35,36)(H2,29,30,31). The molecule has 1 fully saturated rings. The summed E-state index contributed by atoms with van der Waals surface area (Å²) in [5.41, 5.74) is 8.30. The number of hydrogen-bond donors (Lipinski definition) is 3. The Balaban J connectivity index is 1.16. The normalized spacial score (nSPS) is 25.5. The summed E-state index contributed by atoms with van der Waals surface area (Å²) < 4.78 is 24.5. The van der Waals surface area contributed by atoms with Crippen LogP contribution in [0.3, 0.4) is 0 Å². The number of ether oxygens (including phenoxy) is 1. The van der Waals surface area contributed by atoms with Crippen LogP contribution in [0.15, 0.2) is 59.4 Å². The molecule has 0 amide bonds. The predicted molar refractivity (Wildman–Crippen MR) is 147 cm³/mol. The molecular formula is C28H33N4O6P. The fourth-order valence-corrected chi connectivity index (χ4v) is 6.97. The SMILES string of the molecule is CC1(C)Oc2ncnc(N)c2N=C1C1=CCC(C2CCC(OP(=O)(O)Cc3ccc(C(=O)O)cc3)CC2)C=C1. The van der Waals surface area contributed by atoms with E-state index in [9.17, 15) is 14.3 Å². The fourth-order valence-electron chi connectivity index (χ4n) is 5.54. The van der Waals surface area contributed by atoms with Gasteiger partial charge < -0.3 is 25.0 Å². The predicted octanol–water partition coefficient (Wildman–Crippen LogP) is 5.46. The highest BCUT2D eigenvalue weighted by Crippen LogP contribution is 2.50. The Morgan fingerprint density at radius 1 is 1.18 bits per heavy atom. The molecule has 1 aliphatic heterocycles. The first-order valence-corrected chi connectivity index (χ1v) is 14.9. The first kappa shape index (κ1) is 27.2. The Bertz CT molecular complexity index is 1390. The molecule has 4 N–H and O–H groups in total. The zero-order valence-corrected chi connectivity index (χ0v) is 22.9. The number of carboxylic acid groups (broad SMARTS) is 1. The summed E-state index contributed by atoms with van der Waals surface area (Å²) in [6, 6.07) is 5.96. The Kier molecular flexibility index (Phi) is 7.46. The van der Waals surface area contributed by atoms with Crippen LogP contribution < -0.4 is 10.5 Å². The monoisotopic (exact) mass is 552 g/mol. The number of rotatable bonds is 7. The average Bonchev–Trinajstić information content (AvgIpc) is 2.88. The van der Waals surface area contributed by atoms with E-state index in [-0.39, 0.29) is 23.6 Å². The second-order valence-electron chi connectivity index (χ2n) is 10.8. The van der Waals surface area contributed by atoms with Gasteiger partial charge in [0.05, 0.1) is 23.5 Å². The molecule has 0 radical (unpaired) electrons. The van der Waals surface area contributed by atoms with Crippen LogP contribution in [-0.4, -0.2) is 43.4 Å². The molecule has 5 rings (SSSR count).